The van der Waals surface area contributed by atoms with Gasteiger partial charge >= 0.3 is 6.36 Å². The molecule has 1 aliphatic rings. The number of nitrogens with one attached hydrogen (secondary N) is 2. The lowest BCUT2D eigenvalue weighted by Gasteiger charge is -2.14. The van der Waals surface area contributed by atoms with Gasteiger partial charge in [0.25, 0.3) is 0 Å². The molecule has 0 unspecified atom stereocenters. The van der Waals surface area contributed by atoms with E-state index >= 15 is 0 Å². The highest BCUT2D eigenvalue weighted by atomic mass is 32.2. The van der Waals surface area contributed by atoms with Crippen LogP contribution in [-0.2, 0) is 0 Å². The van der Waals surface area contributed by atoms with Gasteiger partial charge in [-0.15, -0.1) is 24.9 Å². The maximum atomic E-state index is 12.0. The number of ether oxygens (including phenoxy) is 1. The van der Waals surface area contributed by atoms with Crippen LogP contribution < -0.4 is 15.8 Å². The van der Waals surface area contributed by atoms with Gasteiger partial charge in [-0.1, -0.05) is 0 Å². The fourth-order valence-corrected chi connectivity index (χ4v) is 2.40. The van der Waals surface area contributed by atoms with E-state index in [9.17, 15) is 13.2 Å². The molecule has 1 aliphatic heterocycles. The number of halogens is 3. The lowest BCUT2D eigenvalue weighted by molar-refractivity contribution is -0.274. The fraction of sp³-hybridized carbons (Fsp3) is 0.250. The molecule has 0 aliphatic carbocycles. The second-order valence-electron chi connectivity index (χ2n) is 4.19. The van der Waals surface area contributed by atoms with Crippen molar-refractivity contribution in [2.24, 2.45) is 10.7 Å². The van der Waals surface area contributed by atoms with E-state index in [1.54, 1.807) is 16.7 Å². The van der Waals surface area contributed by atoms with Crippen molar-refractivity contribution in [3.05, 3.63) is 30.1 Å². The Morgan fingerprint density at radius 3 is 2.59 bits per heavy atom. The summed E-state index contributed by atoms with van der Waals surface area (Å²) in [6.45, 7) is 0.719. The molecule has 6 nitrogen and oxygen atoms in total. The number of nitrogens with two attached hydrogens (primary N) is 1. The van der Waals surface area contributed by atoms with Crippen molar-refractivity contribution in [1.29, 1.82) is 5.41 Å². The molecular weight excluding hydrogens is 319 g/mol. The standard InChI is InChI=1S/C12H13F3N5OS/c13-12(14,15)21-9-3-1-8(2-4-9)18-10(16)19-11(17)20-5-6-22-7-20/h1-4,7H,5-6H2,(H4,16,17,18,19). The molecule has 0 bridgehead atoms. The van der Waals surface area contributed by atoms with E-state index in [1.165, 1.54) is 12.1 Å². The summed E-state index contributed by atoms with van der Waals surface area (Å²) in [7, 11) is 0. The number of aliphatic imine (C=N–C) groups is 1. The van der Waals surface area contributed by atoms with Gasteiger partial charge in [-0.25, -0.2) is 0 Å². The third-order valence-corrected chi connectivity index (χ3v) is 3.34. The molecule has 0 atom stereocenters. The maximum Gasteiger partial charge on any atom is 0.573 e. The fourth-order valence-electron chi connectivity index (χ4n) is 1.60. The predicted molar refractivity (Wildman–Crippen MR) is 79.6 cm³/mol. The lowest BCUT2D eigenvalue weighted by atomic mass is 10.3. The second kappa shape index (κ2) is 6.77. The Hall–Kier alpha value is -2.10. The molecule has 1 saturated heterocycles. The number of rotatable bonds is 2. The molecule has 119 valence electrons. The Morgan fingerprint density at radius 1 is 1.36 bits per heavy atom. The Morgan fingerprint density at radius 2 is 2.05 bits per heavy atom. The van der Waals surface area contributed by atoms with Crippen LogP contribution in [0.2, 0.25) is 0 Å². The van der Waals surface area contributed by atoms with E-state index in [0.717, 1.165) is 24.4 Å². The smallest absolute Gasteiger partial charge is 0.406 e. The van der Waals surface area contributed by atoms with Crippen LogP contribution in [0.25, 0.3) is 0 Å². The van der Waals surface area contributed by atoms with Gasteiger partial charge in [0.1, 0.15) is 11.6 Å². The van der Waals surface area contributed by atoms with Crippen LogP contribution in [0.1, 0.15) is 0 Å². The molecule has 1 fully saturated rings. The van der Waals surface area contributed by atoms with Crippen LogP contribution in [0.15, 0.2) is 29.3 Å². The van der Waals surface area contributed by atoms with Gasteiger partial charge in [-0.05, 0) is 24.3 Å². The van der Waals surface area contributed by atoms with E-state index in [4.69, 9.17) is 11.1 Å². The summed E-state index contributed by atoms with van der Waals surface area (Å²) in [6, 6.07) is 4.97. The Balaban J connectivity index is 1.92. The number of hydrogen-bond acceptors (Lipinski definition) is 3. The molecule has 10 heteroatoms. The summed E-state index contributed by atoms with van der Waals surface area (Å²) in [4.78, 5) is 5.58. The summed E-state index contributed by atoms with van der Waals surface area (Å²) >= 11 is 1.59. The summed E-state index contributed by atoms with van der Waals surface area (Å²) in [5.74, 6) is 2.34. The topological polar surface area (TPSA) is 86.7 Å². The van der Waals surface area contributed by atoms with Crippen molar-refractivity contribution in [1.82, 2.24) is 4.90 Å². The molecular formula is C12H13F3N5OS. The predicted octanol–water partition coefficient (Wildman–Crippen LogP) is 2.41. The number of benzene rings is 1. The van der Waals surface area contributed by atoms with E-state index < -0.39 is 6.36 Å². The summed E-state index contributed by atoms with van der Waals surface area (Å²) < 4.78 is 39.8. The summed E-state index contributed by atoms with van der Waals surface area (Å²) in [6.07, 6.45) is -4.73. The van der Waals surface area contributed by atoms with Gasteiger partial charge in [-0.3, -0.25) is 5.41 Å². The third-order valence-electron chi connectivity index (χ3n) is 2.52. The van der Waals surface area contributed by atoms with Gasteiger partial charge in [0.2, 0.25) is 5.96 Å². The molecule has 1 aromatic carbocycles. The molecule has 1 aromatic rings. The van der Waals surface area contributed by atoms with Crippen LogP contribution in [0, 0.1) is 11.3 Å². The number of thioether (sulfide) groups is 1. The average Bonchev–Trinajstić information content (AvgIpc) is 2.93. The molecule has 22 heavy (non-hydrogen) atoms. The highest BCUT2D eigenvalue weighted by Crippen LogP contribution is 2.24. The summed E-state index contributed by atoms with van der Waals surface area (Å²) in [5.41, 5.74) is 6.13. The average molecular weight is 332 g/mol. The number of anilines is 1. The van der Waals surface area contributed by atoms with E-state index in [2.05, 4.69) is 15.0 Å². The van der Waals surface area contributed by atoms with Crippen molar-refractivity contribution < 1.29 is 17.9 Å². The van der Waals surface area contributed by atoms with Gasteiger partial charge in [-0.2, -0.15) is 4.99 Å². The lowest BCUT2D eigenvalue weighted by Crippen LogP contribution is -2.34. The Bertz CT molecular complexity index is 555. The van der Waals surface area contributed by atoms with Crippen LogP contribution in [-0.4, -0.2) is 35.5 Å². The molecule has 1 radical (unpaired) electrons. The number of alkyl halides is 3. The highest BCUT2D eigenvalue weighted by molar-refractivity contribution is 8.01. The number of hydrogen-bond donors (Lipinski definition) is 3. The van der Waals surface area contributed by atoms with Crippen molar-refractivity contribution in [3.8, 4) is 5.75 Å². The highest BCUT2D eigenvalue weighted by Gasteiger charge is 2.30. The van der Waals surface area contributed by atoms with Crippen LogP contribution in [0.5, 0.6) is 5.75 Å². The minimum Gasteiger partial charge on any atom is -0.406 e. The number of guanidine groups is 2. The maximum absolute atomic E-state index is 12.0. The molecule has 0 amide bonds. The van der Waals surface area contributed by atoms with E-state index in [-0.39, 0.29) is 17.7 Å². The van der Waals surface area contributed by atoms with Crippen LogP contribution in [0.4, 0.5) is 18.9 Å². The molecule has 4 N–H and O–H groups in total. The first-order valence-corrected chi connectivity index (χ1v) is 7.15. The quantitative estimate of drug-likeness (QED) is 0.572. The monoisotopic (exact) mass is 332 g/mol. The van der Waals surface area contributed by atoms with Crippen molar-refractivity contribution in [3.63, 3.8) is 0 Å². The van der Waals surface area contributed by atoms with Crippen LogP contribution >= 0.6 is 11.8 Å². The SMILES string of the molecule is N=C(N=C(N)N1[CH]SCC1)Nc1ccc(OC(F)(F)F)cc1. The largest absolute Gasteiger partial charge is 0.573 e. The van der Waals surface area contributed by atoms with Gasteiger partial charge in [0.05, 0.1) is 0 Å². The molecule has 0 saturated carbocycles. The first kappa shape index (κ1) is 16.3. The van der Waals surface area contributed by atoms with Gasteiger partial charge in [0, 0.05) is 18.0 Å². The molecule has 2 rings (SSSR count). The van der Waals surface area contributed by atoms with Crippen molar-refractivity contribution in [2.45, 2.75) is 6.36 Å². The zero-order valence-corrected chi connectivity index (χ0v) is 12.0. The summed E-state index contributed by atoms with van der Waals surface area (Å²) in [5, 5.41) is 10.3. The first-order valence-electron chi connectivity index (χ1n) is 6.10. The first-order chi connectivity index (χ1) is 10.3. The molecule has 1 heterocycles. The normalized spacial score (nSPS) is 15.8. The Labute approximate surface area is 129 Å². The second-order valence-corrected chi connectivity index (χ2v) is 5.14. The zero-order valence-electron chi connectivity index (χ0n) is 11.2. The van der Waals surface area contributed by atoms with E-state index in [1.807, 2.05) is 5.88 Å². The molecule has 0 spiro atoms. The minimum atomic E-state index is -4.73. The van der Waals surface area contributed by atoms with Crippen LogP contribution in [0.3, 0.4) is 0 Å². The zero-order chi connectivity index (χ0) is 16.2. The molecule has 0 aromatic heterocycles. The third kappa shape index (κ3) is 5.02. The number of nitrogens with zero attached hydrogens (tertiary/aromatic N) is 2. The van der Waals surface area contributed by atoms with E-state index in [0.29, 0.717) is 5.69 Å². The van der Waals surface area contributed by atoms with Gasteiger partial charge < -0.3 is 20.7 Å². The minimum absolute atomic E-state index is 0.180. The Kier molecular flexibility index (Phi) is 5.01. The van der Waals surface area contributed by atoms with Gasteiger partial charge in [0.15, 0.2) is 5.96 Å². The van der Waals surface area contributed by atoms with Crippen molar-refractivity contribution in [2.75, 3.05) is 17.6 Å². The van der Waals surface area contributed by atoms with Crippen molar-refractivity contribution >= 4 is 29.4 Å².